The van der Waals surface area contributed by atoms with Gasteiger partial charge in [-0.3, -0.25) is 14.5 Å². The van der Waals surface area contributed by atoms with Crippen molar-refractivity contribution in [2.45, 2.75) is 18.3 Å². The van der Waals surface area contributed by atoms with Crippen LogP contribution in [0, 0.1) is 23.2 Å². The van der Waals surface area contributed by atoms with E-state index in [-0.39, 0.29) is 5.69 Å². The van der Waals surface area contributed by atoms with Crippen molar-refractivity contribution < 1.29 is 27.7 Å². The Labute approximate surface area is 169 Å². The third kappa shape index (κ3) is 2.45. The number of quaternary nitrogens is 1. The number of alkyl halides is 3. The molecule has 5 atom stereocenters. The monoisotopic (exact) mass is 410 g/mol. The number of carbonyl (C=O) groups excluding carboxylic acids is 2. The fourth-order valence-corrected chi connectivity index (χ4v) is 4.96. The van der Waals surface area contributed by atoms with E-state index in [1.165, 1.54) is 12.1 Å². The number of halogens is 3. The molecule has 3 aliphatic rings. The number of amides is 2. The first-order chi connectivity index (χ1) is 14.3. The Morgan fingerprint density at radius 3 is 2.47 bits per heavy atom. The van der Waals surface area contributed by atoms with Crippen molar-refractivity contribution in [2.24, 2.45) is 11.8 Å². The van der Waals surface area contributed by atoms with Crippen molar-refractivity contribution in [3.8, 4) is 6.07 Å². The van der Waals surface area contributed by atoms with Crippen LogP contribution in [0.4, 0.5) is 18.9 Å². The average Bonchev–Trinajstić information content (AvgIpc) is 3.20. The van der Waals surface area contributed by atoms with Crippen LogP contribution in [0.2, 0.25) is 0 Å². The van der Waals surface area contributed by atoms with Crippen LogP contribution in [0.25, 0.3) is 6.08 Å². The van der Waals surface area contributed by atoms with Crippen LogP contribution in [-0.2, 0) is 15.8 Å². The van der Waals surface area contributed by atoms with E-state index in [1.54, 1.807) is 6.20 Å². The molecule has 2 amide bonds. The van der Waals surface area contributed by atoms with Crippen molar-refractivity contribution in [1.29, 1.82) is 5.26 Å². The van der Waals surface area contributed by atoms with E-state index in [0.717, 1.165) is 33.1 Å². The lowest BCUT2D eigenvalue weighted by Gasteiger charge is -2.29. The molecule has 0 radical (unpaired) electrons. The summed E-state index contributed by atoms with van der Waals surface area (Å²) < 4.78 is 39.4. The van der Waals surface area contributed by atoms with Crippen molar-refractivity contribution in [3.63, 3.8) is 0 Å². The van der Waals surface area contributed by atoms with Crippen LogP contribution in [0.5, 0.6) is 0 Å². The molecule has 2 saturated heterocycles. The molecule has 5 rings (SSSR count). The quantitative estimate of drug-likeness (QED) is 0.734. The van der Waals surface area contributed by atoms with Gasteiger partial charge in [-0.15, -0.1) is 0 Å². The molecule has 2 aromatic carbocycles. The zero-order valence-electron chi connectivity index (χ0n) is 15.4. The number of fused-ring (bicyclic) bond motifs is 5. The number of nitrogens with one attached hydrogen (secondary N) is 1. The van der Waals surface area contributed by atoms with Crippen molar-refractivity contribution in [3.05, 3.63) is 71.4 Å². The standard InChI is InChI=1S/C22H14F3N3O2/c23-22(24,25)13-5-3-6-14(10-13)28-20(29)17-16(11-26)27-9-8-12-4-1-2-7-15(12)19(27)18(17)21(28)30/h1-10,16-19H/p+1/t16-,17-,18-,19+/m0/s1. The molecule has 0 bridgehead atoms. The maximum atomic E-state index is 13.4. The third-order valence-corrected chi connectivity index (χ3v) is 6.19. The minimum Gasteiger partial charge on any atom is -0.287 e. The Bertz CT molecular complexity index is 1150. The SMILES string of the molecule is N#C[C@H]1[C@@H]2C(=O)N(c3cccc(C(F)(F)F)c3)C(=O)[C@@H]2[C@H]2c3ccccc3C=C[NH+]21. The Morgan fingerprint density at radius 2 is 1.73 bits per heavy atom. The number of hydrogen-bond acceptors (Lipinski definition) is 3. The normalized spacial score (nSPS) is 29.4. The molecule has 150 valence electrons. The molecule has 8 heteroatoms. The Morgan fingerprint density at radius 1 is 1.00 bits per heavy atom. The predicted molar refractivity (Wildman–Crippen MR) is 99.5 cm³/mol. The van der Waals surface area contributed by atoms with E-state index >= 15 is 0 Å². The Balaban J connectivity index is 1.61. The van der Waals surface area contributed by atoms with Crippen LogP contribution in [-0.4, -0.2) is 17.9 Å². The van der Waals surface area contributed by atoms with E-state index in [2.05, 4.69) is 6.07 Å². The molecule has 1 N–H and O–H groups in total. The number of nitrogens with zero attached hydrogens (tertiary/aromatic N) is 2. The number of anilines is 1. The number of benzene rings is 2. The van der Waals surface area contributed by atoms with Crippen LogP contribution in [0.1, 0.15) is 22.7 Å². The maximum absolute atomic E-state index is 13.4. The van der Waals surface area contributed by atoms with Crippen LogP contribution in [0.3, 0.4) is 0 Å². The molecule has 0 aliphatic carbocycles. The Kier molecular flexibility index (Phi) is 3.89. The summed E-state index contributed by atoms with van der Waals surface area (Å²) in [7, 11) is 0. The third-order valence-electron chi connectivity index (χ3n) is 6.19. The summed E-state index contributed by atoms with van der Waals surface area (Å²) in [6.07, 6.45) is -0.929. The van der Waals surface area contributed by atoms with E-state index in [1.807, 2.05) is 30.3 Å². The van der Waals surface area contributed by atoms with Gasteiger partial charge in [-0.1, -0.05) is 30.3 Å². The van der Waals surface area contributed by atoms with Gasteiger partial charge in [-0.2, -0.15) is 18.4 Å². The van der Waals surface area contributed by atoms with Gasteiger partial charge in [0.15, 0.2) is 6.04 Å². The summed E-state index contributed by atoms with van der Waals surface area (Å²) in [6.45, 7) is 0. The summed E-state index contributed by atoms with van der Waals surface area (Å²) in [4.78, 5) is 28.1. The molecule has 30 heavy (non-hydrogen) atoms. The molecule has 0 saturated carbocycles. The predicted octanol–water partition coefficient (Wildman–Crippen LogP) is 2.33. The number of hydrogen-bond donors (Lipinski definition) is 1. The van der Waals surface area contributed by atoms with Crippen molar-refractivity contribution in [2.75, 3.05) is 4.90 Å². The van der Waals surface area contributed by atoms with Gasteiger partial charge < -0.3 is 0 Å². The van der Waals surface area contributed by atoms with Gasteiger partial charge in [-0.05, 0) is 29.8 Å². The van der Waals surface area contributed by atoms with Crippen LogP contribution < -0.4 is 9.80 Å². The molecule has 5 nitrogen and oxygen atoms in total. The van der Waals surface area contributed by atoms with E-state index in [9.17, 15) is 28.0 Å². The minimum atomic E-state index is -4.60. The smallest absolute Gasteiger partial charge is 0.287 e. The van der Waals surface area contributed by atoms with Crippen LogP contribution in [0.15, 0.2) is 54.7 Å². The molecular weight excluding hydrogens is 395 g/mol. The number of imide groups is 1. The molecule has 0 spiro atoms. The van der Waals surface area contributed by atoms with E-state index in [4.69, 9.17) is 0 Å². The van der Waals surface area contributed by atoms with Gasteiger partial charge >= 0.3 is 6.18 Å². The van der Waals surface area contributed by atoms with Crippen LogP contribution >= 0.6 is 0 Å². The highest BCUT2D eigenvalue weighted by atomic mass is 19.4. The lowest BCUT2D eigenvalue weighted by Crippen LogP contribution is -3.10. The highest BCUT2D eigenvalue weighted by molar-refractivity contribution is 6.22. The highest BCUT2D eigenvalue weighted by Crippen LogP contribution is 2.45. The van der Waals surface area contributed by atoms with Gasteiger partial charge in [0.2, 0.25) is 11.8 Å². The van der Waals surface area contributed by atoms with Gasteiger partial charge in [0.1, 0.15) is 23.9 Å². The molecular formula is C22H15F3N3O2+. The molecule has 2 aromatic rings. The zero-order valence-corrected chi connectivity index (χ0v) is 15.4. The van der Waals surface area contributed by atoms with E-state index in [0.29, 0.717) is 0 Å². The second kappa shape index (κ2) is 6.28. The molecule has 3 aliphatic heterocycles. The molecule has 1 unspecified atom stereocenters. The zero-order chi connectivity index (χ0) is 21.2. The second-order valence-electron chi connectivity index (χ2n) is 7.66. The second-order valence-corrected chi connectivity index (χ2v) is 7.66. The maximum Gasteiger partial charge on any atom is 0.416 e. The summed E-state index contributed by atoms with van der Waals surface area (Å²) in [5.41, 5.74) is 0.705. The Hall–Kier alpha value is -3.44. The number of carbonyl (C=O) groups is 2. The highest BCUT2D eigenvalue weighted by Gasteiger charge is 2.66. The summed E-state index contributed by atoms with van der Waals surface area (Å²) >= 11 is 0. The van der Waals surface area contributed by atoms with Gasteiger partial charge in [0.05, 0.1) is 17.5 Å². The summed E-state index contributed by atoms with van der Waals surface area (Å²) in [6, 6.07) is 12.5. The lowest BCUT2D eigenvalue weighted by molar-refractivity contribution is -0.885. The number of nitriles is 1. The van der Waals surface area contributed by atoms with Crippen molar-refractivity contribution in [1.82, 2.24) is 0 Å². The van der Waals surface area contributed by atoms with Gasteiger partial charge in [-0.25, -0.2) is 4.90 Å². The van der Waals surface area contributed by atoms with E-state index < -0.39 is 47.5 Å². The summed E-state index contributed by atoms with van der Waals surface area (Å²) in [5, 5.41) is 9.78. The van der Waals surface area contributed by atoms with Gasteiger partial charge in [0.25, 0.3) is 0 Å². The first-order valence-electron chi connectivity index (χ1n) is 9.41. The first-order valence-corrected chi connectivity index (χ1v) is 9.41. The summed E-state index contributed by atoms with van der Waals surface area (Å²) in [5.74, 6) is -2.90. The fourth-order valence-electron chi connectivity index (χ4n) is 4.96. The fraction of sp³-hybridized carbons (Fsp3) is 0.227. The molecule has 3 heterocycles. The van der Waals surface area contributed by atoms with Crippen molar-refractivity contribution >= 4 is 23.6 Å². The molecule has 0 aromatic heterocycles. The minimum absolute atomic E-state index is 0.118. The topological polar surface area (TPSA) is 65.6 Å². The lowest BCUT2D eigenvalue weighted by atomic mass is 9.85. The largest absolute Gasteiger partial charge is 0.416 e. The molecule has 2 fully saturated rings. The van der Waals surface area contributed by atoms with Gasteiger partial charge in [0, 0.05) is 5.56 Å². The first kappa shape index (κ1) is 18.6. The number of rotatable bonds is 1. The average molecular weight is 410 g/mol.